The van der Waals surface area contributed by atoms with Crippen LogP contribution in [0.1, 0.15) is 19.3 Å². The first kappa shape index (κ1) is 14.8. The lowest BCUT2D eigenvalue weighted by molar-refractivity contribution is 0.254. The molecule has 4 heterocycles. The molecule has 0 unspecified atom stereocenters. The number of hydrogen-bond donors (Lipinski definition) is 0. The molecule has 2 aliphatic rings. The van der Waals surface area contributed by atoms with E-state index < -0.39 is 0 Å². The van der Waals surface area contributed by atoms with Crippen LogP contribution >= 0.6 is 0 Å². The van der Waals surface area contributed by atoms with Gasteiger partial charge in [-0.05, 0) is 32.4 Å². The summed E-state index contributed by atoms with van der Waals surface area (Å²) in [6.07, 6.45) is 5.52. The number of hydrogen-bond acceptors (Lipinski definition) is 5. The summed E-state index contributed by atoms with van der Waals surface area (Å²) in [7, 11) is 2.28. The molecule has 5 rings (SSSR count). The highest BCUT2D eigenvalue weighted by molar-refractivity contribution is 5.74. The molecule has 2 bridgehead atoms. The summed E-state index contributed by atoms with van der Waals surface area (Å²) in [6.45, 7) is 2.11. The van der Waals surface area contributed by atoms with Crippen molar-refractivity contribution >= 4 is 11.3 Å². The second kappa shape index (κ2) is 5.81. The Morgan fingerprint density at radius 1 is 1.04 bits per heavy atom. The van der Waals surface area contributed by atoms with Crippen LogP contribution in [0.5, 0.6) is 0 Å². The van der Waals surface area contributed by atoms with E-state index in [4.69, 9.17) is 5.10 Å². The van der Waals surface area contributed by atoms with Gasteiger partial charge < -0.3 is 4.90 Å². The molecular formula is C19H22N6. The van der Waals surface area contributed by atoms with Gasteiger partial charge in [0.25, 0.3) is 0 Å². The lowest BCUT2D eigenvalue weighted by Gasteiger charge is -2.27. The van der Waals surface area contributed by atoms with Gasteiger partial charge in [0, 0.05) is 30.7 Å². The molecule has 0 saturated carbocycles. The highest BCUT2D eigenvalue weighted by Gasteiger charge is 2.35. The molecule has 1 aromatic carbocycles. The van der Waals surface area contributed by atoms with Crippen LogP contribution in [0.4, 0.5) is 5.69 Å². The van der Waals surface area contributed by atoms with Gasteiger partial charge in [-0.15, -0.1) is 10.2 Å². The van der Waals surface area contributed by atoms with Gasteiger partial charge in [0.15, 0.2) is 0 Å². The van der Waals surface area contributed by atoms with E-state index in [0.29, 0.717) is 6.04 Å². The van der Waals surface area contributed by atoms with Crippen molar-refractivity contribution in [1.82, 2.24) is 24.7 Å². The van der Waals surface area contributed by atoms with E-state index in [-0.39, 0.29) is 0 Å². The maximum atomic E-state index is 4.70. The van der Waals surface area contributed by atoms with Crippen LogP contribution in [-0.2, 0) is 0 Å². The van der Waals surface area contributed by atoms with Crippen LogP contribution in [0.2, 0.25) is 0 Å². The van der Waals surface area contributed by atoms with E-state index >= 15 is 0 Å². The third-order valence-corrected chi connectivity index (χ3v) is 5.81. The largest absolute Gasteiger partial charge is 0.367 e. The molecule has 0 N–H and O–H groups in total. The second-order valence-corrected chi connectivity index (χ2v) is 7.17. The molecule has 0 radical (unpaired) electrons. The molecule has 0 aliphatic carbocycles. The molecule has 0 amide bonds. The zero-order valence-electron chi connectivity index (χ0n) is 14.4. The molecular weight excluding hydrogens is 312 g/mol. The first-order valence-corrected chi connectivity index (χ1v) is 9.03. The van der Waals surface area contributed by atoms with Gasteiger partial charge in [0.05, 0.1) is 11.4 Å². The van der Waals surface area contributed by atoms with E-state index in [9.17, 15) is 0 Å². The van der Waals surface area contributed by atoms with Crippen molar-refractivity contribution in [2.24, 2.45) is 0 Å². The van der Waals surface area contributed by atoms with Crippen LogP contribution in [0, 0.1) is 0 Å². The second-order valence-electron chi connectivity index (χ2n) is 7.17. The predicted molar refractivity (Wildman–Crippen MR) is 97.6 cm³/mol. The zero-order chi connectivity index (χ0) is 16.8. The maximum Gasteiger partial charge on any atom is 0.200 e. The summed E-state index contributed by atoms with van der Waals surface area (Å²) in [4.78, 5) is 5.05. The Kier molecular flexibility index (Phi) is 3.45. The average Bonchev–Trinajstić information content (AvgIpc) is 3.19. The number of nitrogens with zero attached hydrogens (tertiary/aromatic N) is 6. The fraction of sp³-hybridized carbons (Fsp3) is 0.421. The van der Waals surface area contributed by atoms with E-state index in [0.717, 1.165) is 41.7 Å². The highest BCUT2D eigenvalue weighted by atomic mass is 15.4. The Morgan fingerprint density at radius 2 is 1.88 bits per heavy atom. The van der Waals surface area contributed by atoms with Crippen molar-refractivity contribution in [3.05, 3.63) is 42.7 Å². The van der Waals surface area contributed by atoms with Gasteiger partial charge in [-0.1, -0.05) is 30.3 Å². The minimum Gasteiger partial charge on any atom is -0.367 e. The van der Waals surface area contributed by atoms with Gasteiger partial charge in [-0.2, -0.15) is 9.61 Å². The van der Waals surface area contributed by atoms with Crippen molar-refractivity contribution in [3.63, 3.8) is 0 Å². The molecule has 2 aromatic heterocycles. The van der Waals surface area contributed by atoms with Crippen molar-refractivity contribution in [1.29, 1.82) is 0 Å². The van der Waals surface area contributed by atoms with E-state index in [1.165, 1.54) is 19.3 Å². The Bertz CT molecular complexity index is 889. The third kappa shape index (κ3) is 2.48. The van der Waals surface area contributed by atoms with Crippen LogP contribution in [0.15, 0.2) is 42.7 Å². The minimum absolute atomic E-state index is 0.629. The molecule has 6 heteroatoms. The minimum atomic E-state index is 0.629. The molecule has 6 nitrogen and oxygen atoms in total. The van der Waals surface area contributed by atoms with Crippen molar-refractivity contribution in [2.45, 2.75) is 31.3 Å². The van der Waals surface area contributed by atoms with E-state index in [1.807, 2.05) is 22.7 Å². The van der Waals surface area contributed by atoms with Crippen molar-refractivity contribution in [3.8, 4) is 11.3 Å². The normalized spacial score (nSPS) is 24.0. The number of benzene rings is 1. The summed E-state index contributed by atoms with van der Waals surface area (Å²) in [5.74, 6) is 0. The summed E-state index contributed by atoms with van der Waals surface area (Å²) < 4.78 is 1.81. The summed E-state index contributed by atoms with van der Waals surface area (Å²) in [5, 5.41) is 13.1. The summed E-state index contributed by atoms with van der Waals surface area (Å²) in [5.41, 5.74) is 4.07. The van der Waals surface area contributed by atoms with Crippen molar-refractivity contribution in [2.75, 3.05) is 25.0 Å². The maximum absolute atomic E-state index is 4.70. The number of rotatable bonds is 2. The Balaban J connectivity index is 1.59. The van der Waals surface area contributed by atoms with Crippen LogP contribution in [-0.4, -0.2) is 56.9 Å². The van der Waals surface area contributed by atoms with E-state index in [1.54, 1.807) is 6.33 Å². The van der Waals surface area contributed by atoms with E-state index in [2.05, 4.69) is 45.2 Å². The van der Waals surface area contributed by atoms with Gasteiger partial charge in [-0.25, -0.2) is 0 Å². The van der Waals surface area contributed by atoms with Crippen molar-refractivity contribution < 1.29 is 0 Å². The predicted octanol–water partition coefficient (Wildman–Crippen LogP) is 2.46. The number of likely N-dealkylation sites (N-methyl/N-ethyl adjacent to an activating group) is 1. The monoisotopic (exact) mass is 334 g/mol. The number of fused-ring (bicyclic) bond motifs is 3. The average molecular weight is 334 g/mol. The lowest BCUT2D eigenvalue weighted by Crippen LogP contribution is -2.36. The first-order valence-electron chi connectivity index (χ1n) is 9.03. The molecule has 0 spiro atoms. The van der Waals surface area contributed by atoms with Gasteiger partial charge in [-0.3, -0.25) is 4.90 Å². The SMILES string of the molecule is CN1[C@@H]2CC[C@H]1CN(c1cc(-c3ccccc3)nn3cnnc13)CC2. The third-order valence-electron chi connectivity index (χ3n) is 5.81. The fourth-order valence-corrected chi connectivity index (χ4v) is 4.32. The summed E-state index contributed by atoms with van der Waals surface area (Å²) in [6, 6.07) is 13.9. The topological polar surface area (TPSA) is 49.6 Å². The van der Waals surface area contributed by atoms with Crippen LogP contribution in [0.25, 0.3) is 16.9 Å². The number of aromatic nitrogens is 4. The van der Waals surface area contributed by atoms with Crippen LogP contribution < -0.4 is 4.90 Å². The molecule has 25 heavy (non-hydrogen) atoms. The molecule has 128 valence electrons. The Hall–Kier alpha value is -2.47. The molecule has 3 aromatic rings. The Labute approximate surface area is 147 Å². The fourth-order valence-electron chi connectivity index (χ4n) is 4.32. The molecule has 2 aliphatic heterocycles. The highest BCUT2D eigenvalue weighted by Crippen LogP contribution is 2.33. The first-order chi connectivity index (χ1) is 12.3. The molecule has 2 fully saturated rings. The Morgan fingerprint density at radius 3 is 2.76 bits per heavy atom. The quantitative estimate of drug-likeness (QED) is 0.720. The lowest BCUT2D eigenvalue weighted by atomic mass is 10.1. The zero-order valence-corrected chi connectivity index (χ0v) is 14.4. The smallest absolute Gasteiger partial charge is 0.200 e. The summed E-state index contributed by atoms with van der Waals surface area (Å²) >= 11 is 0. The van der Waals surface area contributed by atoms with Crippen LogP contribution in [0.3, 0.4) is 0 Å². The van der Waals surface area contributed by atoms with Gasteiger partial charge in [0.1, 0.15) is 6.33 Å². The standard InChI is InChI=1S/C19H22N6/c1-23-15-7-8-16(23)12-24(10-9-15)18-11-17(14-5-3-2-4-6-14)22-25-13-20-21-19(18)25/h2-6,11,13,15-16H,7-10,12H2,1H3/t15-,16+/m1/s1. The van der Waals surface area contributed by atoms with Gasteiger partial charge >= 0.3 is 0 Å². The molecule has 2 atom stereocenters. The van der Waals surface area contributed by atoms with Gasteiger partial charge in [0.2, 0.25) is 5.65 Å². The molecule has 2 saturated heterocycles. The number of anilines is 1.